The number of hydrogen-bond donors (Lipinski definition) is 2. The highest BCUT2D eigenvalue weighted by molar-refractivity contribution is 5.90. The molecule has 1 aromatic carbocycles. The van der Waals surface area contributed by atoms with Crippen LogP contribution in [0.1, 0.15) is 24.8 Å². The Bertz CT molecular complexity index is 506. The molecule has 2 N–H and O–H groups in total. The molecule has 5 heteroatoms. The van der Waals surface area contributed by atoms with Gasteiger partial charge in [-0.25, -0.2) is 4.39 Å². The third-order valence-corrected chi connectivity index (χ3v) is 2.46. The van der Waals surface area contributed by atoms with Crippen molar-refractivity contribution >= 4 is 11.6 Å². The van der Waals surface area contributed by atoms with Crippen molar-refractivity contribution in [1.82, 2.24) is 0 Å². The van der Waals surface area contributed by atoms with Gasteiger partial charge in [-0.3, -0.25) is 4.79 Å². The van der Waals surface area contributed by atoms with Crippen LogP contribution in [0.2, 0.25) is 0 Å². The lowest BCUT2D eigenvalue weighted by Gasteiger charge is -2.06. The molecular formula is C15H18FNO3. The molecule has 0 aliphatic carbocycles. The zero-order chi connectivity index (χ0) is 14.8. The molecule has 0 aliphatic rings. The first-order chi connectivity index (χ1) is 9.67. The second kappa shape index (κ2) is 9.08. The maximum absolute atomic E-state index is 13.5. The fraction of sp³-hybridized carbons (Fsp3) is 0.400. The summed E-state index contributed by atoms with van der Waals surface area (Å²) in [5, 5.41) is 11.3. The summed E-state index contributed by atoms with van der Waals surface area (Å²) in [5.74, 6) is 4.67. The van der Waals surface area contributed by atoms with Crippen LogP contribution in [-0.4, -0.2) is 31.3 Å². The Kier molecular flexibility index (Phi) is 7.33. The van der Waals surface area contributed by atoms with Crippen molar-refractivity contribution in [2.75, 3.05) is 25.6 Å². The van der Waals surface area contributed by atoms with Crippen LogP contribution >= 0.6 is 0 Å². The third-order valence-electron chi connectivity index (χ3n) is 2.46. The monoisotopic (exact) mass is 279 g/mol. The van der Waals surface area contributed by atoms with Crippen LogP contribution in [0.3, 0.4) is 0 Å². The van der Waals surface area contributed by atoms with Gasteiger partial charge in [0, 0.05) is 32.2 Å². The van der Waals surface area contributed by atoms with E-state index in [4.69, 9.17) is 9.84 Å². The Morgan fingerprint density at radius 2 is 2.30 bits per heavy atom. The van der Waals surface area contributed by atoms with Crippen LogP contribution in [0.4, 0.5) is 10.1 Å². The molecule has 0 aromatic heterocycles. The van der Waals surface area contributed by atoms with Crippen molar-refractivity contribution in [2.45, 2.75) is 19.3 Å². The first kappa shape index (κ1) is 16.2. The van der Waals surface area contributed by atoms with Gasteiger partial charge in [-0.2, -0.15) is 0 Å². The number of nitrogens with one attached hydrogen (secondary N) is 1. The Labute approximate surface area is 117 Å². The summed E-state index contributed by atoms with van der Waals surface area (Å²) in [4.78, 5) is 11.6. The quantitative estimate of drug-likeness (QED) is 0.618. The van der Waals surface area contributed by atoms with Crippen molar-refractivity contribution in [3.05, 3.63) is 29.6 Å². The first-order valence-electron chi connectivity index (χ1n) is 6.35. The summed E-state index contributed by atoms with van der Waals surface area (Å²) in [7, 11) is 1.58. The molecule has 0 bridgehead atoms. The van der Waals surface area contributed by atoms with E-state index in [-0.39, 0.29) is 24.5 Å². The number of carbonyl (C=O) groups is 1. The molecule has 0 spiro atoms. The number of benzene rings is 1. The van der Waals surface area contributed by atoms with Crippen LogP contribution in [0.15, 0.2) is 18.2 Å². The molecule has 0 atom stereocenters. The minimum atomic E-state index is -0.451. The number of hydrogen-bond acceptors (Lipinski definition) is 3. The van der Waals surface area contributed by atoms with Gasteiger partial charge in [0.15, 0.2) is 0 Å². The van der Waals surface area contributed by atoms with Gasteiger partial charge >= 0.3 is 0 Å². The fourth-order valence-electron chi connectivity index (χ4n) is 1.51. The summed E-state index contributed by atoms with van der Waals surface area (Å²) >= 11 is 0. The van der Waals surface area contributed by atoms with E-state index < -0.39 is 5.82 Å². The molecule has 4 nitrogen and oxygen atoms in total. The topological polar surface area (TPSA) is 58.6 Å². The van der Waals surface area contributed by atoms with Crippen LogP contribution in [0, 0.1) is 17.7 Å². The van der Waals surface area contributed by atoms with Crippen LogP contribution < -0.4 is 5.32 Å². The molecule has 0 saturated carbocycles. The van der Waals surface area contributed by atoms with Crippen LogP contribution in [-0.2, 0) is 9.53 Å². The third kappa shape index (κ3) is 5.83. The number of amides is 1. The van der Waals surface area contributed by atoms with E-state index in [1.165, 1.54) is 18.2 Å². The average molecular weight is 279 g/mol. The number of rotatable bonds is 6. The molecule has 1 rings (SSSR count). The molecule has 0 saturated heterocycles. The van der Waals surface area contributed by atoms with E-state index >= 15 is 0 Å². The highest BCUT2D eigenvalue weighted by atomic mass is 19.1. The normalized spacial score (nSPS) is 9.75. The summed E-state index contributed by atoms with van der Waals surface area (Å²) in [6, 6.07) is 4.22. The maximum Gasteiger partial charge on any atom is 0.224 e. The Morgan fingerprint density at radius 1 is 1.50 bits per heavy atom. The predicted octanol–water partition coefficient (Wildman–Crippen LogP) is 1.92. The van der Waals surface area contributed by atoms with Crippen molar-refractivity contribution in [3.8, 4) is 11.8 Å². The number of ether oxygens (including phenoxy) is 1. The van der Waals surface area contributed by atoms with Gasteiger partial charge in [0.2, 0.25) is 5.91 Å². The summed E-state index contributed by atoms with van der Waals surface area (Å²) in [6.07, 6.45) is 1.26. The highest BCUT2D eigenvalue weighted by Crippen LogP contribution is 2.14. The van der Waals surface area contributed by atoms with Gasteiger partial charge < -0.3 is 15.2 Å². The maximum atomic E-state index is 13.5. The molecule has 108 valence electrons. The molecule has 0 unspecified atom stereocenters. The van der Waals surface area contributed by atoms with E-state index in [0.717, 1.165) is 0 Å². The lowest BCUT2D eigenvalue weighted by atomic mass is 10.2. The van der Waals surface area contributed by atoms with Gasteiger partial charge in [0.05, 0.1) is 12.2 Å². The molecule has 1 aromatic rings. The minimum absolute atomic E-state index is 0.0649. The SMILES string of the molecule is COCCCC(=O)Nc1ccc(F)c(C#CCCO)c1. The predicted molar refractivity (Wildman–Crippen MR) is 74.7 cm³/mol. The average Bonchev–Trinajstić information content (AvgIpc) is 2.43. The van der Waals surface area contributed by atoms with Crippen LogP contribution in [0.25, 0.3) is 0 Å². The van der Waals surface area contributed by atoms with Crippen molar-refractivity contribution in [3.63, 3.8) is 0 Å². The second-order valence-electron chi connectivity index (χ2n) is 4.11. The van der Waals surface area contributed by atoms with Gasteiger partial charge in [0.1, 0.15) is 5.82 Å². The smallest absolute Gasteiger partial charge is 0.224 e. The molecule has 1 amide bonds. The molecular weight excluding hydrogens is 261 g/mol. The Hall–Kier alpha value is -1.90. The van der Waals surface area contributed by atoms with Crippen molar-refractivity contribution in [2.24, 2.45) is 0 Å². The number of carbonyl (C=O) groups excluding carboxylic acids is 1. The molecule has 0 fully saturated rings. The zero-order valence-electron chi connectivity index (χ0n) is 11.4. The molecule has 20 heavy (non-hydrogen) atoms. The van der Waals surface area contributed by atoms with E-state index in [9.17, 15) is 9.18 Å². The van der Waals surface area contributed by atoms with E-state index in [1.54, 1.807) is 7.11 Å². The first-order valence-corrected chi connectivity index (χ1v) is 6.35. The van der Waals surface area contributed by atoms with Gasteiger partial charge in [-0.15, -0.1) is 0 Å². The van der Waals surface area contributed by atoms with Crippen LogP contribution in [0.5, 0.6) is 0 Å². The number of aliphatic hydroxyl groups excluding tert-OH is 1. The lowest BCUT2D eigenvalue weighted by molar-refractivity contribution is -0.116. The summed E-state index contributed by atoms with van der Waals surface area (Å²) in [6.45, 7) is 0.458. The standard InChI is InChI=1S/C15H18FNO3/c1-20-10-4-6-15(19)17-13-7-8-14(16)12(11-13)5-2-3-9-18/h7-8,11,18H,3-4,6,9-10H2,1H3,(H,17,19). The van der Waals surface area contributed by atoms with Gasteiger partial charge in [0.25, 0.3) is 0 Å². The number of anilines is 1. The highest BCUT2D eigenvalue weighted by Gasteiger charge is 2.05. The van der Waals surface area contributed by atoms with Gasteiger partial charge in [-0.1, -0.05) is 11.8 Å². The van der Waals surface area contributed by atoms with Gasteiger partial charge in [-0.05, 0) is 24.6 Å². The molecule has 0 aliphatic heterocycles. The number of halogens is 1. The Balaban J connectivity index is 2.65. The van der Waals surface area contributed by atoms with Crippen molar-refractivity contribution in [1.29, 1.82) is 0 Å². The number of aliphatic hydroxyl groups is 1. The number of methoxy groups -OCH3 is 1. The van der Waals surface area contributed by atoms with E-state index in [0.29, 0.717) is 25.1 Å². The second-order valence-corrected chi connectivity index (χ2v) is 4.11. The summed E-state index contributed by atoms with van der Waals surface area (Å²) in [5.41, 5.74) is 0.704. The van der Waals surface area contributed by atoms with Crippen molar-refractivity contribution < 1.29 is 19.0 Å². The summed E-state index contributed by atoms with van der Waals surface area (Å²) < 4.78 is 18.4. The molecule has 0 heterocycles. The fourth-order valence-corrected chi connectivity index (χ4v) is 1.51. The van der Waals surface area contributed by atoms with E-state index in [2.05, 4.69) is 17.2 Å². The molecule has 0 radical (unpaired) electrons. The minimum Gasteiger partial charge on any atom is -0.395 e. The largest absolute Gasteiger partial charge is 0.395 e. The Morgan fingerprint density at radius 3 is 3.00 bits per heavy atom. The lowest BCUT2D eigenvalue weighted by Crippen LogP contribution is -2.12. The van der Waals surface area contributed by atoms with E-state index in [1.807, 2.05) is 0 Å². The zero-order valence-corrected chi connectivity index (χ0v) is 11.4.